The third kappa shape index (κ3) is 35.0. The van der Waals surface area contributed by atoms with Crippen LogP contribution in [0.5, 0.6) is 74.7 Å². The summed E-state index contributed by atoms with van der Waals surface area (Å²) in [6, 6.07) is 81.9. The molecular weight excluding hydrogens is 1640 g/mol. The Morgan fingerprint density at radius 3 is 0.902 bits per heavy atom. The van der Waals surface area contributed by atoms with Gasteiger partial charge in [-0.2, -0.15) is 0 Å². The maximum atomic E-state index is 9.55. The second-order valence-corrected chi connectivity index (χ2v) is 58.1. The molecular formula is C101H144O16Si6. The highest BCUT2D eigenvalue weighted by atomic mass is 28.4. The normalized spacial score (nSPS) is 11.6. The van der Waals surface area contributed by atoms with Crippen LogP contribution in [0.15, 0.2) is 231 Å². The topological polar surface area (TPSA) is 159 Å². The monoisotopic (exact) mass is 1780 g/mol. The fourth-order valence-electron chi connectivity index (χ4n) is 15.0. The third-order valence-electron chi connectivity index (χ3n) is 21.6. The van der Waals surface area contributed by atoms with Crippen LogP contribution >= 0.6 is 0 Å². The molecule has 0 saturated carbocycles. The molecule has 0 aliphatic carbocycles. The second-order valence-electron chi connectivity index (χ2n) is 34.9. The number of aryl methyl sites for hydroxylation is 4. The fourth-order valence-corrected chi connectivity index (χ4v) is 34.9. The van der Waals surface area contributed by atoms with Crippen LogP contribution in [0.2, 0.25) is 103 Å². The number of ether oxygens (including phenoxy) is 10. The Bertz CT molecular complexity index is 4470. The molecule has 22 heteroatoms. The number of para-hydroxylation sites is 2. The quantitative estimate of drug-likeness (QED) is 0.0360. The molecule has 0 fully saturated rings. The van der Waals surface area contributed by atoms with Gasteiger partial charge >= 0.3 is 8.56 Å². The van der Waals surface area contributed by atoms with Gasteiger partial charge in [-0.1, -0.05) is 137 Å². The molecule has 123 heavy (non-hydrogen) atoms. The van der Waals surface area contributed by atoms with E-state index in [1.54, 1.807) is 71.1 Å². The fraction of sp³-hybridized carbons (Fsp3) is 0.406. The van der Waals surface area contributed by atoms with Crippen molar-refractivity contribution in [1.82, 2.24) is 0 Å². The lowest BCUT2D eigenvalue weighted by atomic mass is 9.78. The van der Waals surface area contributed by atoms with Crippen molar-refractivity contribution in [2.24, 2.45) is 0 Å². The highest BCUT2D eigenvalue weighted by Gasteiger charge is 2.35. The minimum Gasteiger partial charge on any atom is -0.547 e. The van der Waals surface area contributed by atoms with Gasteiger partial charge in [0.1, 0.15) is 63.2 Å². The maximum Gasteiger partial charge on any atom is 0.454 e. The Balaban J connectivity index is 0.000000241. The minimum absolute atomic E-state index is 0.00344. The first kappa shape index (κ1) is 103. The van der Waals surface area contributed by atoms with E-state index in [1.807, 2.05) is 134 Å². The first-order valence-corrected chi connectivity index (χ1v) is 61.0. The van der Waals surface area contributed by atoms with Crippen molar-refractivity contribution in [3.05, 3.63) is 281 Å². The van der Waals surface area contributed by atoms with E-state index in [4.69, 9.17) is 68.9 Å². The average Bonchev–Trinajstić information content (AvgIpc) is 0.722. The van der Waals surface area contributed by atoms with E-state index in [2.05, 4.69) is 202 Å². The Morgan fingerprint density at radius 2 is 0.577 bits per heavy atom. The lowest BCUT2D eigenvalue weighted by Gasteiger charge is -2.34. The van der Waals surface area contributed by atoms with Gasteiger partial charge in [0, 0.05) is 41.6 Å². The number of rotatable bonds is 41. The lowest BCUT2D eigenvalue weighted by Crippen LogP contribution is -2.44. The van der Waals surface area contributed by atoms with Gasteiger partial charge in [0.2, 0.25) is 9.04 Å². The van der Waals surface area contributed by atoms with E-state index in [1.165, 1.54) is 56.6 Å². The van der Waals surface area contributed by atoms with Crippen LogP contribution in [0, 0.1) is 0 Å². The summed E-state index contributed by atoms with van der Waals surface area (Å²) >= 11 is 0. The van der Waals surface area contributed by atoms with Crippen LogP contribution in [0.25, 0.3) is 0 Å². The standard InChI is InChI=1S/C26H42O5Si2.C24H38O3Si2.C18H24O2Si.C17H20O2.C16H20O4Si/c1-28-24-14-12-21(18-23(24)20-27)10-8-16-32(4,5)31-33(6,7)17-9-11-22-13-15-25(29-2)26(19-22)30-3;1-25-23-17-9-7-13-21(23)15-11-19-28(3,4)27-29(5,6)20-12-16-22-14-8-10-18-24(22)26-2;1-18(2,14-6-10-16(19-3)11-7-14)15-8-12-17(13-9-15)20-21(4)5;1-17(2,13-5-9-15(18-3)10-6-13)14-7-11-16(19-4)12-8-14;1-17-13-7-5-9-15(11-13)19-21(3,4)20-16-10-6-8-14(12-16)18-2/h12-15,18-19,27H,8-11,16-17,20H2,1-7H3;7-10,13-14,17-18H,11-12,15-16,19-20H2,1-6H3;6-13,21H,1-5H3;5-12H,1-4H3;5-12H,1-4H3. The first-order chi connectivity index (χ1) is 58.4. The number of hydrogen-bond acceptors (Lipinski definition) is 16. The largest absolute Gasteiger partial charge is 0.547 e. The molecule has 0 aliphatic rings. The van der Waals surface area contributed by atoms with Crippen LogP contribution in [-0.4, -0.2) is 127 Å². The molecule has 10 rings (SSSR count). The Labute approximate surface area is 745 Å². The molecule has 1 N–H and O–H groups in total. The molecule has 10 aromatic rings. The number of hydrogen-bond donors (Lipinski definition) is 1. The highest BCUT2D eigenvalue weighted by molar-refractivity contribution is 6.85. The molecule has 0 atom stereocenters. The molecule has 0 aromatic heterocycles. The Hall–Kier alpha value is -9.22. The molecule has 0 radical (unpaired) electrons. The van der Waals surface area contributed by atoms with Gasteiger partial charge in [0.05, 0.1) is 77.7 Å². The molecule has 0 heterocycles. The van der Waals surface area contributed by atoms with Crippen molar-refractivity contribution in [3.63, 3.8) is 0 Å². The zero-order chi connectivity index (χ0) is 90.4. The van der Waals surface area contributed by atoms with Gasteiger partial charge < -0.3 is 74.0 Å². The van der Waals surface area contributed by atoms with E-state index in [-0.39, 0.29) is 17.4 Å². The van der Waals surface area contributed by atoms with Crippen LogP contribution in [0.3, 0.4) is 0 Å². The van der Waals surface area contributed by atoms with Gasteiger partial charge in [-0.15, -0.1) is 0 Å². The summed E-state index contributed by atoms with van der Waals surface area (Å²) in [6.07, 6.45) is 8.67. The molecule has 10 aromatic carbocycles. The predicted octanol–water partition coefficient (Wildman–Crippen LogP) is 25.2. The van der Waals surface area contributed by atoms with Gasteiger partial charge in [-0.3, -0.25) is 0 Å². The van der Waals surface area contributed by atoms with E-state index < -0.39 is 50.9 Å². The molecule has 0 spiro atoms. The summed E-state index contributed by atoms with van der Waals surface area (Å²) in [7, 11) is 6.59. The van der Waals surface area contributed by atoms with Crippen molar-refractivity contribution in [2.75, 3.05) is 71.1 Å². The Morgan fingerprint density at radius 1 is 0.276 bits per heavy atom. The summed E-state index contributed by atoms with van der Waals surface area (Å²) in [5.41, 5.74) is 11.0. The summed E-state index contributed by atoms with van der Waals surface area (Å²) in [6.45, 7) is 36.2. The van der Waals surface area contributed by atoms with Crippen molar-refractivity contribution < 1.29 is 74.0 Å². The lowest BCUT2D eigenvalue weighted by molar-refractivity contribution is 0.273. The van der Waals surface area contributed by atoms with Crippen molar-refractivity contribution >= 4 is 50.9 Å². The molecule has 16 nitrogen and oxygen atoms in total. The number of aliphatic hydroxyl groups excluding tert-OH is 1. The number of methoxy groups -OCH3 is 10. The van der Waals surface area contributed by atoms with Crippen molar-refractivity contribution in [3.8, 4) is 74.7 Å². The van der Waals surface area contributed by atoms with Crippen molar-refractivity contribution in [1.29, 1.82) is 0 Å². The number of benzene rings is 10. The summed E-state index contributed by atoms with van der Waals surface area (Å²) in [5.74, 6) is 11.0. The molecule has 0 bridgehead atoms. The smallest absolute Gasteiger partial charge is 0.454 e. The van der Waals surface area contributed by atoms with Crippen molar-refractivity contribution in [2.45, 2.75) is 199 Å². The third-order valence-corrected chi connectivity index (χ3v) is 38.9. The van der Waals surface area contributed by atoms with E-state index in [0.717, 1.165) is 144 Å². The molecule has 0 aliphatic heterocycles. The summed E-state index contributed by atoms with van der Waals surface area (Å²) in [5, 5.41) is 9.55. The molecule has 668 valence electrons. The predicted molar refractivity (Wildman–Crippen MR) is 523 cm³/mol. The van der Waals surface area contributed by atoms with Crippen LogP contribution in [0.4, 0.5) is 0 Å². The second kappa shape index (κ2) is 50.1. The maximum absolute atomic E-state index is 9.55. The average molecular weight is 1780 g/mol. The van der Waals surface area contributed by atoms with E-state index in [0.29, 0.717) is 0 Å². The first-order valence-electron chi connectivity index (χ1n) is 42.9. The van der Waals surface area contributed by atoms with E-state index >= 15 is 0 Å². The Kier molecular flexibility index (Phi) is 41.7. The molecule has 0 amide bonds. The molecule has 0 unspecified atom stereocenters. The summed E-state index contributed by atoms with van der Waals surface area (Å²) in [4.78, 5) is 0. The van der Waals surface area contributed by atoms with Gasteiger partial charge in [-0.25, -0.2) is 0 Å². The molecule has 0 saturated heterocycles. The van der Waals surface area contributed by atoms with E-state index in [9.17, 15) is 5.11 Å². The van der Waals surface area contributed by atoms with Gasteiger partial charge in [-0.05, 0) is 295 Å². The van der Waals surface area contributed by atoms with Crippen LogP contribution in [-0.2, 0) is 51.4 Å². The zero-order valence-corrected chi connectivity index (χ0v) is 84.9. The highest BCUT2D eigenvalue weighted by Crippen LogP contribution is 2.38. The zero-order valence-electron chi connectivity index (χ0n) is 78.8. The van der Waals surface area contributed by atoms with Crippen LogP contribution < -0.4 is 60.6 Å². The van der Waals surface area contributed by atoms with Gasteiger partial charge in [0.15, 0.2) is 44.8 Å². The minimum atomic E-state index is -2.37. The van der Waals surface area contributed by atoms with Gasteiger partial charge in [0.25, 0.3) is 0 Å². The SMILES string of the molecule is COc1ccc(C(C)(C)c2ccc(OC)cc2)cc1.COc1ccc(C(C)(C)c2ccc(O[SiH](C)C)cc2)cc1.COc1ccc(CCC[Si](C)(C)O[Si](C)(C)CCCc2ccc(OC)c(OC)c2)cc1CO.COc1cccc(O[Si](C)(C)Oc2cccc(OC)c2)c1.COc1ccccc1CCC[Si](C)(C)O[Si](C)(C)CCCc1ccccc1OC. The van der Waals surface area contributed by atoms with Crippen LogP contribution in [0.1, 0.15) is 103 Å². The number of aliphatic hydroxyl groups is 1. The summed E-state index contributed by atoms with van der Waals surface area (Å²) < 4.78 is 84.6.